The Bertz CT molecular complexity index is 1050. The van der Waals surface area contributed by atoms with Gasteiger partial charge in [-0.05, 0) is 68.6 Å². The van der Waals surface area contributed by atoms with Crippen molar-refractivity contribution >= 4 is 30.2 Å². The molecule has 0 aliphatic carbocycles. The van der Waals surface area contributed by atoms with Crippen LogP contribution in [0.4, 0.5) is 11.4 Å². The van der Waals surface area contributed by atoms with Gasteiger partial charge in [0, 0.05) is 35.5 Å². The first kappa shape index (κ1) is 20.3. The average molecular weight is 399 g/mol. The predicted octanol–water partition coefficient (Wildman–Crippen LogP) is 4.79. The van der Waals surface area contributed by atoms with E-state index in [2.05, 4.69) is 56.2 Å². The molecule has 0 bridgehead atoms. The summed E-state index contributed by atoms with van der Waals surface area (Å²) in [6.45, 7) is 8.23. The van der Waals surface area contributed by atoms with E-state index in [1.54, 1.807) is 12.4 Å². The number of nitrogens with one attached hydrogen (secondary N) is 2. The van der Waals surface area contributed by atoms with E-state index in [-0.39, 0.29) is 11.2 Å². The molecule has 30 heavy (non-hydrogen) atoms. The van der Waals surface area contributed by atoms with Gasteiger partial charge in [-0.1, -0.05) is 30.3 Å². The third-order valence-corrected chi connectivity index (χ3v) is 5.91. The molecule has 2 heterocycles. The second-order valence-electron chi connectivity index (χ2n) is 8.52. The Morgan fingerprint density at radius 3 is 2.23 bits per heavy atom. The first-order chi connectivity index (χ1) is 14.3. The molecule has 0 saturated carbocycles. The first-order valence-corrected chi connectivity index (χ1v) is 10.1. The highest BCUT2D eigenvalue weighted by molar-refractivity contribution is 6.62. The summed E-state index contributed by atoms with van der Waals surface area (Å²) in [5.74, 6) is 0. The Balaban J connectivity index is 1.62. The van der Waals surface area contributed by atoms with Gasteiger partial charge in [-0.25, -0.2) is 0 Å². The van der Waals surface area contributed by atoms with Crippen molar-refractivity contribution in [1.82, 2.24) is 4.98 Å². The van der Waals surface area contributed by atoms with E-state index < -0.39 is 7.12 Å². The Hall–Kier alpha value is -2.96. The summed E-state index contributed by atoms with van der Waals surface area (Å²) in [6.07, 6.45) is 4.84. The Morgan fingerprint density at radius 1 is 0.900 bits per heavy atom. The summed E-state index contributed by atoms with van der Waals surface area (Å²) in [5, 5.41) is 11.2. The SMILES string of the molecule is CC1(C)OB(c2cccc(-c3ccc(Nc4ccncc4)c(C=N)c3)c2)OC1(C)C. The zero-order valence-corrected chi connectivity index (χ0v) is 17.8. The largest absolute Gasteiger partial charge is 0.494 e. The molecule has 1 saturated heterocycles. The van der Waals surface area contributed by atoms with Crippen LogP contribution in [0, 0.1) is 5.41 Å². The molecule has 0 atom stereocenters. The number of aromatic nitrogens is 1. The molecular weight excluding hydrogens is 373 g/mol. The maximum absolute atomic E-state index is 7.86. The van der Waals surface area contributed by atoms with Gasteiger partial charge in [-0.3, -0.25) is 4.98 Å². The molecule has 1 aliphatic heterocycles. The molecule has 0 unspecified atom stereocenters. The molecule has 0 spiro atoms. The molecule has 1 aromatic heterocycles. The van der Waals surface area contributed by atoms with Crippen LogP contribution in [0.1, 0.15) is 33.3 Å². The summed E-state index contributed by atoms with van der Waals surface area (Å²) in [5.41, 5.74) is 4.95. The Morgan fingerprint density at radius 2 is 1.57 bits per heavy atom. The second-order valence-corrected chi connectivity index (χ2v) is 8.52. The van der Waals surface area contributed by atoms with E-state index >= 15 is 0 Å². The summed E-state index contributed by atoms with van der Waals surface area (Å²) in [6, 6.07) is 18.1. The van der Waals surface area contributed by atoms with E-state index in [0.29, 0.717) is 0 Å². The van der Waals surface area contributed by atoms with Gasteiger partial charge < -0.3 is 20.0 Å². The van der Waals surface area contributed by atoms with E-state index in [4.69, 9.17) is 14.7 Å². The summed E-state index contributed by atoms with van der Waals surface area (Å²) < 4.78 is 12.4. The minimum absolute atomic E-state index is 0.374. The normalized spacial score (nSPS) is 17.0. The van der Waals surface area contributed by atoms with Crippen molar-refractivity contribution in [2.24, 2.45) is 0 Å². The monoisotopic (exact) mass is 399 g/mol. The minimum Gasteiger partial charge on any atom is -0.399 e. The van der Waals surface area contributed by atoms with Crippen molar-refractivity contribution in [3.63, 3.8) is 0 Å². The van der Waals surface area contributed by atoms with Gasteiger partial charge >= 0.3 is 7.12 Å². The molecule has 0 amide bonds. The van der Waals surface area contributed by atoms with Crippen LogP contribution in [0.3, 0.4) is 0 Å². The molecule has 5 nitrogen and oxygen atoms in total. The van der Waals surface area contributed by atoms with Crippen LogP contribution in [0.25, 0.3) is 11.1 Å². The van der Waals surface area contributed by atoms with Gasteiger partial charge in [0.1, 0.15) is 0 Å². The smallest absolute Gasteiger partial charge is 0.399 e. The average Bonchev–Trinajstić information content (AvgIpc) is 2.96. The number of benzene rings is 2. The van der Waals surface area contributed by atoms with Crippen molar-refractivity contribution < 1.29 is 9.31 Å². The lowest BCUT2D eigenvalue weighted by atomic mass is 9.78. The highest BCUT2D eigenvalue weighted by Crippen LogP contribution is 2.36. The quantitative estimate of drug-likeness (QED) is 0.478. The number of hydrogen-bond acceptors (Lipinski definition) is 5. The number of rotatable bonds is 5. The van der Waals surface area contributed by atoms with Crippen LogP contribution in [0.2, 0.25) is 0 Å². The molecule has 6 heteroatoms. The van der Waals surface area contributed by atoms with Crippen LogP contribution in [0.15, 0.2) is 67.0 Å². The molecule has 2 aromatic carbocycles. The van der Waals surface area contributed by atoms with Crippen molar-refractivity contribution in [3.8, 4) is 11.1 Å². The molecule has 152 valence electrons. The van der Waals surface area contributed by atoms with Gasteiger partial charge in [0.2, 0.25) is 0 Å². The van der Waals surface area contributed by atoms with Crippen molar-refractivity contribution in [2.45, 2.75) is 38.9 Å². The van der Waals surface area contributed by atoms with Crippen LogP contribution in [-0.4, -0.2) is 29.5 Å². The Labute approximate surface area is 178 Å². The maximum atomic E-state index is 7.86. The van der Waals surface area contributed by atoms with Crippen molar-refractivity contribution in [3.05, 3.63) is 72.6 Å². The van der Waals surface area contributed by atoms with Gasteiger partial charge in [0.05, 0.1) is 11.2 Å². The van der Waals surface area contributed by atoms with Crippen LogP contribution < -0.4 is 10.8 Å². The first-order valence-electron chi connectivity index (χ1n) is 10.1. The van der Waals surface area contributed by atoms with E-state index in [9.17, 15) is 0 Å². The van der Waals surface area contributed by atoms with Crippen molar-refractivity contribution in [2.75, 3.05) is 5.32 Å². The third kappa shape index (κ3) is 3.89. The lowest BCUT2D eigenvalue weighted by molar-refractivity contribution is 0.00578. The van der Waals surface area contributed by atoms with E-state index in [1.165, 1.54) is 6.21 Å². The van der Waals surface area contributed by atoms with Crippen LogP contribution >= 0.6 is 0 Å². The fourth-order valence-electron chi connectivity index (χ4n) is 3.41. The molecule has 0 radical (unpaired) electrons. The Kier molecular flexibility index (Phi) is 5.22. The maximum Gasteiger partial charge on any atom is 0.494 e. The fraction of sp³-hybridized carbons (Fsp3) is 0.250. The van der Waals surface area contributed by atoms with E-state index in [1.807, 2.05) is 36.4 Å². The van der Waals surface area contributed by atoms with Crippen LogP contribution in [-0.2, 0) is 9.31 Å². The highest BCUT2D eigenvalue weighted by atomic mass is 16.7. The molecule has 1 fully saturated rings. The van der Waals surface area contributed by atoms with Gasteiger partial charge in [-0.2, -0.15) is 0 Å². The molecule has 3 aromatic rings. The molecule has 1 aliphatic rings. The molecule has 4 rings (SSSR count). The van der Waals surface area contributed by atoms with Crippen molar-refractivity contribution in [1.29, 1.82) is 5.41 Å². The zero-order chi connectivity index (χ0) is 21.4. The van der Waals surface area contributed by atoms with Crippen LogP contribution in [0.5, 0.6) is 0 Å². The number of nitrogens with zero attached hydrogens (tertiary/aromatic N) is 1. The molecule has 2 N–H and O–H groups in total. The summed E-state index contributed by atoms with van der Waals surface area (Å²) in [4.78, 5) is 4.04. The minimum atomic E-state index is -0.398. The fourth-order valence-corrected chi connectivity index (χ4v) is 3.41. The third-order valence-electron chi connectivity index (χ3n) is 5.91. The van der Waals surface area contributed by atoms with Gasteiger partial charge in [0.25, 0.3) is 0 Å². The van der Waals surface area contributed by atoms with E-state index in [0.717, 1.165) is 33.5 Å². The topological polar surface area (TPSA) is 67.2 Å². The zero-order valence-electron chi connectivity index (χ0n) is 17.8. The lowest BCUT2D eigenvalue weighted by Crippen LogP contribution is -2.41. The second kappa shape index (κ2) is 7.71. The van der Waals surface area contributed by atoms with Gasteiger partial charge in [0.15, 0.2) is 0 Å². The highest BCUT2D eigenvalue weighted by Gasteiger charge is 2.51. The van der Waals surface area contributed by atoms with Gasteiger partial charge in [-0.15, -0.1) is 0 Å². The summed E-state index contributed by atoms with van der Waals surface area (Å²) >= 11 is 0. The summed E-state index contributed by atoms with van der Waals surface area (Å²) in [7, 11) is -0.398. The number of anilines is 2. The number of hydrogen-bond donors (Lipinski definition) is 2. The standard InChI is InChI=1S/C24H26BN3O2/c1-23(2)24(3,4)30-25(29-23)20-7-5-6-17(15-20)18-8-9-22(19(14-18)16-26)28-21-10-12-27-13-11-21/h5-16,26H,1-4H3,(H,27,28). The lowest BCUT2D eigenvalue weighted by Gasteiger charge is -2.32. The predicted molar refractivity (Wildman–Crippen MR) is 123 cm³/mol. The number of pyridine rings is 1. The molecular formula is C24H26BN3O2.